The largest absolute Gasteiger partial charge is 0.494 e. The fourth-order valence-electron chi connectivity index (χ4n) is 5.29. The molecule has 0 unspecified atom stereocenters. The quantitative estimate of drug-likeness (QED) is 0.284. The van der Waals surface area contributed by atoms with E-state index >= 15 is 0 Å². The Morgan fingerprint density at radius 1 is 1.05 bits per heavy atom. The second kappa shape index (κ2) is 11.9. The Morgan fingerprint density at radius 2 is 1.83 bits per heavy atom. The Hall–Kier alpha value is -3.90. The average Bonchev–Trinajstić information content (AvgIpc) is 3.65. The van der Waals surface area contributed by atoms with Gasteiger partial charge in [0.25, 0.3) is 0 Å². The predicted octanol–water partition coefficient (Wildman–Crippen LogP) is 4.52. The van der Waals surface area contributed by atoms with Gasteiger partial charge in [-0.3, -0.25) is 9.58 Å². The first kappa shape index (κ1) is 27.3. The van der Waals surface area contributed by atoms with Crippen molar-refractivity contribution in [2.75, 3.05) is 44.8 Å². The van der Waals surface area contributed by atoms with E-state index in [2.05, 4.69) is 20.2 Å². The summed E-state index contributed by atoms with van der Waals surface area (Å²) in [6.45, 7) is 8.81. The van der Waals surface area contributed by atoms with Crippen molar-refractivity contribution in [3.05, 3.63) is 65.2 Å². The SMILES string of the molecule is CCOc1cc(F)c(Cn2nc(-c3cc(Nc4ccncn4)n(CCN4CCOCC4)n3)c(C)c2C2CC2)c(F)c1. The zero-order valence-electron chi connectivity index (χ0n) is 23.3. The summed E-state index contributed by atoms with van der Waals surface area (Å²) in [5.74, 6) is 0.630. The summed E-state index contributed by atoms with van der Waals surface area (Å²) < 4.78 is 44.4. The lowest BCUT2D eigenvalue weighted by Crippen LogP contribution is -2.38. The third kappa shape index (κ3) is 6.08. The van der Waals surface area contributed by atoms with Gasteiger partial charge in [-0.05, 0) is 32.8 Å². The van der Waals surface area contributed by atoms with Crippen LogP contribution >= 0.6 is 0 Å². The Kier molecular flexibility index (Phi) is 7.93. The molecule has 6 rings (SSSR count). The fourth-order valence-corrected chi connectivity index (χ4v) is 5.29. The van der Waals surface area contributed by atoms with Gasteiger partial charge in [-0.1, -0.05) is 0 Å². The van der Waals surface area contributed by atoms with Crippen LogP contribution in [0.1, 0.15) is 42.5 Å². The van der Waals surface area contributed by atoms with Crippen LogP contribution in [-0.2, 0) is 17.8 Å². The third-order valence-electron chi connectivity index (χ3n) is 7.53. The van der Waals surface area contributed by atoms with Crippen molar-refractivity contribution in [3.8, 4) is 17.1 Å². The molecule has 3 aromatic heterocycles. The Labute approximate surface area is 237 Å². The first-order valence-electron chi connectivity index (χ1n) is 14.1. The number of hydrogen-bond donors (Lipinski definition) is 1. The number of morpholine rings is 1. The van der Waals surface area contributed by atoms with E-state index in [-0.39, 0.29) is 17.9 Å². The van der Waals surface area contributed by atoms with Crippen molar-refractivity contribution >= 4 is 11.6 Å². The van der Waals surface area contributed by atoms with Crippen molar-refractivity contribution in [2.24, 2.45) is 0 Å². The molecular weight excluding hydrogens is 530 g/mol. The van der Waals surface area contributed by atoms with E-state index in [4.69, 9.17) is 19.7 Å². The van der Waals surface area contributed by atoms with Crippen LogP contribution in [0.4, 0.5) is 20.4 Å². The van der Waals surface area contributed by atoms with E-state index < -0.39 is 11.6 Å². The van der Waals surface area contributed by atoms with Gasteiger partial charge in [0.2, 0.25) is 0 Å². The van der Waals surface area contributed by atoms with Crippen molar-refractivity contribution in [3.63, 3.8) is 0 Å². The minimum absolute atomic E-state index is 0.0134. The molecule has 1 aromatic carbocycles. The van der Waals surface area contributed by atoms with E-state index in [1.54, 1.807) is 23.9 Å². The van der Waals surface area contributed by atoms with Crippen LogP contribution in [0.3, 0.4) is 0 Å². The van der Waals surface area contributed by atoms with Crippen LogP contribution in [0.5, 0.6) is 5.75 Å². The molecule has 1 aliphatic carbocycles. The van der Waals surface area contributed by atoms with Gasteiger partial charge in [0, 0.05) is 66.8 Å². The smallest absolute Gasteiger partial charge is 0.134 e. The molecule has 0 atom stereocenters. The maximum Gasteiger partial charge on any atom is 0.134 e. The highest BCUT2D eigenvalue weighted by Gasteiger charge is 2.32. The highest BCUT2D eigenvalue weighted by atomic mass is 19.1. The van der Waals surface area contributed by atoms with E-state index in [0.717, 1.165) is 62.8 Å². The van der Waals surface area contributed by atoms with Crippen molar-refractivity contribution in [1.82, 2.24) is 34.4 Å². The molecular formula is C29H34F2N8O2. The molecule has 1 aliphatic heterocycles. The summed E-state index contributed by atoms with van der Waals surface area (Å²) in [7, 11) is 0. The van der Waals surface area contributed by atoms with E-state index in [1.165, 1.54) is 18.5 Å². The highest BCUT2D eigenvalue weighted by molar-refractivity contribution is 5.66. The standard InChI is InChI=1S/C29H34F2N8O2/c1-3-41-21-14-23(30)22(24(31)15-21)17-39-29(20-4-5-20)19(2)28(36-39)25-16-27(34-26-6-7-32-18-33-26)38(35-25)9-8-37-10-12-40-13-11-37/h6-7,14-16,18,20H,3-5,8-13,17H2,1-2H3,(H,32,33,34). The maximum absolute atomic E-state index is 15.0. The molecule has 12 heteroatoms. The third-order valence-corrected chi connectivity index (χ3v) is 7.53. The molecule has 10 nitrogen and oxygen atoms in total. The lowest BCUT2D eigenvalue weighted by Gasteiger charge is -2.26. The fraction of sp³-hybridized carbons (Fsp3) is 0.448. The Bertz CT molecular complexity index is 1470. The summed E-state index contributed by atoms with van der Waals surface area (Å²) in [4.78, 5) is 10.7. The van der Waals surface area contributed by atoms with Gasteiger partial charge in [0.1, 0.15) is 46.7 Å². The molecule has 1 saturated heterocycles. The van der Waals surface area contributed by atoms with E-state index in [0.29, 0.717) is 36.3 Å². The number of ether oxygens (including phenoxy) is 2. The van der Waals surface area contributed by atoms with Gasteiger partial charge in [0.05, 0.1) is 32.9 Å². The summed E-state index contributed by atoms with van der Waals surface area (Å²) in [6.07, 6.45) is 5.21. The molecule has 0 spiro atoms. The van der Waals surface area contributed by atoms with Gasteiger partial charge < -0.3 is 14.8 Å². The molecule has 0 amide bonds. The Balaban J connectivity index is 1.33. The summed E-state index contributed by atoms with van der Waals surface area (Å²) in [5.41, 5.74) is 3.34. The van der Waals surface area contributed by atoms with Gasteiger partial charge in [0.15, 0.2) is 0 Å². The van der Waals surface area contributed by atoms with Crippen molar-refractivity contribution < 1.29 is 18.3 Å². The minimum Gasteiger partial charge on any atom is -0.494 e. The first-order valence-corrected chi connectivity index (χ1v) is 14.1. The normalized spacial score (nSPS) is 15.8. The number of nitrogens with zero attached hydrogens (tertiary/aromatic N) is 7. The summed E-state index contributed by atoms with van der Waals surface area (Å²) in [6, 6.07) is 6.22. The predicted molar refractivity (Wildman–Crippen MR) is 149 cm³/mol. The molecule has 4 heterocycles. The molecule has 0 radical (unpaired) electrons. The molecule has 1 saturated carbocycles. The second-order valence-electron chi connectivity index (χ2n) is 10.4. The van der Waals surface area contributed by atoms with Crippen LogP contribution in [0.25, 0.3) is 11.4 Å². The molecule has 41 heavy (non-hydrogen) atoms. The zero-order chi connectivity index (χ0) is 28.3. The molecule has 1 N–H and O–H groups in total. The number of hydrogen-bond acceptors (Lipinski definition) is 8. The van der Waals surface area contributed by atoms with Crippen LogP contribution < -0.4 is 10.1 Å². The van der Waals surface area contributed by atoms with Crippen LogP contribution in [0.2, 0.25) is 0 Å². The molecule has 2 fully saturated rings. The van der Waals surface area contributed by atoms with Crippen LogP contribution in [0.15, 0.2) is 36.8 Å². The van der Waals surface area contributed by atoms with Crippen molar-refractivity contribution in [1.29, 1.82) is 0 Å². The highest BCUT2D eigenvalue weighted by Crippen LogP contribution is 2.44. The van der Waals surface area contributed by atoms with Gasteiger partial charge in [-0.15, -0.1) is 0 Å². The van der Waals surface area contributed by atoms with E-state index in [9.17, 15) is 8.78 Å². The summed E-state index contributed by atoms with van der Waals surface area (Å²) >= 11 is 0. The topological polar surface area (TPSA) is 95.1 Å². The van der Waals surface area contributed by atoms with Gasteiger partial charge in [-0.2, -0.15) is 10.2 Å². The minimum atomic E-state index is -0.645. The number of benzene rings is 1. The lowest BCUT2D eigenvalue weighted by atomic mass is 10.1. The van der Waals surface area contributed by atoms with Crippen molar-refractivity contribution in [2.45, 2.75) is 45.7 Å². The van der Waals surface area contributed by atoms with Crippen LogP contribution in [-0.4, -0.2) is 73.9 Å². The van der Waals surface area contributed by atoms with Gasteiger partial charge in [-0.25, -0.2) is 23.4 Å². The maximum atomic E-state index is 15.0. The first-order chi connectivity index (χ1) is 20.0. The second-order valence-corrected chi connectivity index (χ2v) is 10.4. The molecule has 2 aliphatic rings. The van der Waals surface area contributed by atoms with E-state index in [1.807, 2.05) is 17.7 Å². The van der Waals surface area contributed by atoms with Crippen LogP contribution in [0, 0.1) is 18.6 Å². The summed E-state index contributed by atoms with van der Waals surface area (Å²) in [5, 5.41) is 13.2. The average molecular weight is 565 g/mol. The zero-order valence-corrected chi connectivity index (χ0v) is 23.3. The number of nitrogens with one attached hydrogen (secondary N) is 1. The lowest BCUT2D eigenvalue weighted by molar-refractivity contribution is 0.0360. The number of halogens is 2. The Morgan fingerprint density at radius 3 is 2.51 bits per heavy atom. The molecule has 216 valence electrons. The number of rotatable bonds is 11. The number of anilines is 2. The van der Waals surface area contributed by atoms with Gasteiger partial charge >= 0.3 is 0 Å². The molecule has 4 aromatic rings. The molecule has 0 bridgehead atoms. The number of aromatic nitrogens is 6. The monoisotopic (exact) mass is 564 g/mol.